The summed E-state index contributed by atoms with van der Waals surface area (Å²) in [6.07, 6.45) is 1.88. The molecule has 0 radical (unpaired) electrons. The highest BCUT2D eigenvalue weighted by Gasteiger charge is 2.19. The second kappa shape index (κ2) is 2.58. The topological polar surface area (TPSA) is 41.6 Å². The van der Waals surface area contributed by atoms with E-state index in [1.54, 1.807) is 11.9 Å². The molecule has 1 aliphatic heterocycles. The zero-order chi connectivity index (χ0) is 6.85. The molecule has 0 aromatic rings. The molecule has 0 aliphatic carbocycles. The number of hydrogen-bond donors (Lipinski definition) is 1. The first-order chi connectivity index (χ1) is 4.20. The molecule has 1 atom stereocenters. The van der Waals surface area contributed by atoms with E-state index in [0.29, 0.717) is 11.2 Å². The Balaban J connectivity index is 2.41. The molecule has 1 heterocycles. The molecule has 1 rings (SSSR count). The molecule has 0 fully saturated rings. The van der Waals surface area contributed by atoms with Gasteiger partial charge >= 0.3 is 0 Å². The average molecular weight is 145 g/mol. The molecule has 1 aliphatic rings. The Bertz CT molecular complexity index is 123. The van der Waals surface area contributed by atoms with Gasteiger partial charge in [-0.3, -0.25) is 0 Å². The molecule has 2 N–H and O–H groups in total. The average Bonchev–Trinajstić information content (AvgIpc) is 2.14. The van der Waals surface area contributed by atoms with Crippen molar-refractivity contribution in [1.82, 2.24) is 4.52 Å². The zero-order valence-corrected chi connectivity index (χ0v) is 6.43. The Morgan fingerprint density at radius 3 is 2.67 bits per heavy atom. The van der Waals surface area contributed by atoms with Crippen LogP contribution in [0.2, 0.25) is 0 Å². The Hall–Kier alpha value is -0.220. The van der Waals surface area contributed by atoms with Crippen LogP contribution < -0.4 is 5.84 Å². The number of rotatable bonds is 1. The molecular formula is C5H11N3S. The van der Waals surface area contributed by atoms with Crippen LogP contribution in [0.4, 0.5) is 0 Å². The predicted octanol–water partition coefficient (Wildman–Crippen LogP) is 0.834. The molecule has 0 saturated carbocycles. The van der Waals surface area contributed by atoms with Gasteiger partial charge in [-0.1, -0.05) is 13.8 Å². The largest absolute Gasteiger partial charge is 0.220 e. The first kappa shape index (κ1) is 6.89. The highest BCUT2D eigenvalue weighted by atomic mass is 32.2. The Morgan fingerprint density at radius 1 is 1.78 bits per heavy atom. The highest BCUT2D eigenvalue weighted by Crippen LogP contribution is 2.23. The van der Waals surface area contributed by atoms with Crippen molar-refractivity contribution in [2.45, 2.75) is 19.1 Å². The maximum Gasteiger partial charge on any atom is 0.0673 e. The minimum absolute atomic E-state index is 0.468. The normalized spacial score (nSPS) is 26.2. The van der Waals surface area contributed by atoms with Crippen molar-refractivity contribution in [1.29, 1.82) is 0 Å². The monoisotopic (exact) mass is 145 g/mol. The van der Waals surface area contributed by atoms with E-state index in [0.717, 1.165) is 0 Å². The van der Waals surface area contributed by atoms with Gasteiger partial charge < -0.3 is 0 Å². The standard InChI is InChI=1S/C5H11N3S/c1-4(2)5-3-7-8(6)9-5/h3-5H,6H2,1-2H3. The van der Waals surface area contributed by atoms with Crippen LogP contribution in [0, 0.1) is 5.92 Å². The molecule has 1 unspecified atom stereocenters. The fourth-order valence-corrected chi connectivity index (χ4v) is 1.31. The summed E-state index contributed by atoms with van der Waals surface area (Å²) < 4.78 is 1.41. The highest BCUT2D eigenvalue weighted by molar-refractivity contribution is 7.98. The number of hydrazine groups is 1. The SMILES string of the molecule is CC(C)C1C=NN(N)S1. The maximum absolute atomic E-state index is 5.36. The second-order valence-electron chi connectivity index (χ2n) is 2.38. The van der Waals surface area contributed by atoms with Crippen LogP contribution in [0.15, 0.2) is 5.10 Å². The molecule has 0 amide bonds. The molecule has 3 nitrogen and oxygen atoms in total. The van der Waals surface area contributed by atoms with Crippen molar-refractivity contribution in [3.05, 3.63) is 0 Å². The van der Waals surface area contributed by atoms with E-state index in [2.05, 4.69) is 18.9 Å². The van der Waals surface area contributed by atoms with Crippen LogP contribution in [0.25, 0.3) is 0 Å². The lowest BCUT2D eigenvalue weighted by molar-refractivity contribution is 0.546. The minimum Gasteiger partial charge on any atom is -0.220 e. The van der Waals surface area contributed by atoms with Gasteiger partial charge in [-0.05, 0) is 17.9 Å². The van der Waals surface area contributed by atoms with Gasteiger partial charge in [-0.2, -0.15) is 9.62 Å². The molecule has 9 heavy (non-hydrogen) atoms. The predicted molar refractivity (Wildman–Crippen MR) is 40.7 cm³/mol. The smallest absolute Gasteiger partial charge is 0.0673 e. The van der Waals surface area contributed by atoms with Crippen molar-refractivity contribution < 1.29 is 0 Å². The van der Waals surface area contributed by atoms with Gasteiger partial charge in [-0.15, -0.1) is 0 Å². The quantitative estimate of drug-likeness (QED) is 0.439. The lowest BCUT2D eigenvalue weighted by Crippen LogP contribution is -2.16. The zero-order valence-electron chi connectivity index (χ0n) is 5.61. The van der Waals surface area contributed by atoms with E-state index in [9.17, 15) is 0 Å². The summed E-state index contributed by atoms with van der Waals surface area (Å²) in [5, 5.41) is 4.36. The molecule has 0 aromatic carbocycles. The third-order valence-electron chi connectivity index (χ3n) is 1.21. The number of nitrogens with zero attached hydrogens (tertiary/aromatic N) is 2. The summed E-state index contributed by atoms with van der Waals surface area (Å²) in [5.74, 6) is 5.98. The van der Waals surface area contributed by atoms with Gasteiger partial charge in [0.25, 0.3) is 0 Å². The lowest BCUT2D eigenvalue weighted by atomic mass is 10.1. The van der Waals surface area contributed by atoms with Crippen LogP contribution >= 0.6 is 11.9 Å². The molecule has 52 valence electrons. The van der Waals surface area contributed by atoms with E-state index in [1.807, 2.05) is 6.21 Å². The van der Waals surface area contributed by atoms with Crippen molar-refractivity contribution in [3.63, 3.8) is 0 Å². The summed E-state index contributed by atoms with van der Waals surface area (Å²) in [4.78, 5) is 0. The van der Waals surface area contributed by atoms with Crippen molar-refractivity contribution >= 4 is 18.2 Å². The van der Waals surface area contributed by atoms with Crippen LogP contribution in [0.5, 0.6) is 0 Å². The number of hydrazone groups is 1. The van der Waals surface area contributed by atoms with Crippen LogP contribution in [0.3, 0.4) is 0 Å². The first-order valence-corrected chi connectivity index (χ1v) is 3.79. The van der Waals surface area contributed by atoms with Gasteiger partial charge in [0.15, 0.2) is 0 Å². The molecular weight excluding hydrogens is 134 g/mol. The summed E-state index contributed by atoms with van der Waals surface area (Å²) in [6.45, 7) is 4.31. The van der Waals surface area contributed by atoms with Crippen molar-refractivity contribution in [2.75, 3.05) is 0 Å². The van der Waals surface area contributed by atoms with E-state index in [1.165, 1.54) is 4.52 Å². The number of hydrogen-bond acceptors (Lipinski definition) is 4. The Labute approximate surface area is 59.4 Å². The lowest BCUT2D eigenvalue weighted by Gasteiger charge is -2.10. The third-order valence-corrected chi connectivity index (χ3v) is 2.43. The van der Waals surface area contributed by atoms with Gasteiger partial charge in [-0.25, -0.2) is 5.84 Å². The van der Waals surface area contributed by atoms with Gasteiger partial charge in [0, 0.05) is 6.21 Å². The summed E-state index contributed by atoms with van der Waals surface area (Å²) >= 11 is 1.56. The molecule has 0 bridgehead atoms. The minimum atomic E-state index is 0.468. The van der Waals surface area contributed by atoms with E-state index in [-0.39, 0.29) is 0 Å². The van der Waals surface area contributed by atoms with E-state index >= 15 is 0 Å². The summed E-state index contributed by atoms with van der Waals surface area (Å²) in [6, 6.07) is 0. The first-order valence-electron chi connectivity index (χ1n) is 2.96. The van der Waals surface area contributed by atoms with E-state index in [4.69, 9.17) is 5.84 Å². The Kier molecular flexibility index (Phi) is 1.97. The molecule has 4 heteroatoms. The maximum atomic E-state index is 5.36. The fraction of sp³-hybridized carbons (Fsp3) is 0.800. The molecule has 0 saturated heterocycles. The van der Waals surface area contributed by atoms with Crippen molar-refractivity contribution in [2.24, 2.45) is 16.9 Å². The van der Waals surface area contributed by atoms with Crippen LogP contribution in [-0.2, 0) is 0 Å². The number of nitrogens with two attached hydrogens (primary N) is 1. The molecule has 0 spiro atoms. The summed E-state index contributed by atoms with van der Waals surface area (Å²) in [5.41, 5.74) is 0. The van der Waals surface area contributed by atoms with E-state index < -0.39 is 0 Å². The Morgan fingerprint density at radius 2 is 2.44 bits per heavy atom. The van der Waals surface area contributed by atoms with Gasteiger partial charge in [0.1, 0.15) is 0 Å². The fourth-order valence-electron chi connectivity index (χ4n) is 0.604. The molecule has 0 aromatic heterocycles. The third kappa shape index (κ3) is 1.59. The summed E-state index contributed by atoms with van der Waals surface area (Å²) in [7, 11) is 0. The van der Waals surface area contributed by atoms with Gasteiger partial charge in [0.2, 0.25) is 0 Å². The van der Waals surface area contributed by atoms with Crippen LogP contribution in [-0.4, -0.2) is 16.0 Å². The second-order valence-corrected chi connectivity index (χ2v) is 3.51. The van der Waals surface area contributed by atoms with Crippen LogP contribution in [0.1, 0.15) is 13.8 Å². The van der Waals surface area contributed by atoms with Gasteiger partial charge in [0.05, 0.1) is 5.25 Å². The van der Waals surface area contributed by atoms with Crippen molar-refractivity contribution in [3.8, 4) is 0 Å².